The number of ether oxygens (including phenoxy) is 2. The van der Waals surface area contributed by atoms with Crippen LogP contribution in [0.15, 0.2) is 18.2 Å². The average Bonchev–Trinajstić information content (AvgIpc) is 2.74. The molecule has 8 heteroatoms. The molecule has 1 atom stereocenters. The summed E-state index contributed by atoms with van der Waals surface area (Å²) in [4.78, 5) is 0. The van der Waals surface area contributed by atoms with Crippen molar-refractivity contribution in [2.45, 2.75) is 5.44 Å². The predicted octanol–water partition coefficient (Wildman–Crippen LogP) is 0.122. The Kier molecular flexibility index (Phi) is 2.64. The van der Waals surface area contributed by atoms with E-state index in [2.05, 4.69) is 0 Å². The van der Waals surface area contributed by atoms with Gasteiger partial charge in [-0.3, -0.25) is 0 Å². The maximum absolute atomic E-state index is 11.5. The summed E-state index contributed by atoms with van der Waals surface area (Å²) in [6, 6.07) is 4.00. The topological polar surface area (TPSA) is 116 Å². The van der Waals surface area contributed by atoms with E-state index in [0.29, 0.717) is 11.5 Å². The first-order valence-electron chi connectivity index (χ1n) is 4.64. The lowest BCUT2D eigenvalue weighted by Gasteiger charge is -2.33. The minimum Gasteiger partial charge on any atom is -0.454 e. The molecule has 1 aromatic carbocycles. The molecule has 0 aliphatic carbocycles. The summed E-state index contributed by atoms with van der Waals surface area (Å²) < 4.78 is 40.1. The Morgan fingerprint density at radius 3 is 2.59 bits per heavy atom. The van der Waals surface area contributed by atoms with Crippen LogP contribution in [0, 0.1) is 0 Å². The van der Waals surface area contributed by atoms with Gasteiger partial charge in [0.1, 0.15) is 15.6 Å². The summed E-state index contributed by atoms with van der Waals surface area (Å²) in [5.41, 5.74) is -2.17. The first kappa shape index (κ1) is 12.3. The Morgan fingerprint density at radius 1 is 1.29 bits per heavy atom. The van der Waals surface area contributed by atoms with Gasteiger partial charge in [-0.15, -0.1) is 0 Å². The van der Waals surface area contributed by atoms with Crippen molar-refractivity contribution in [3.63, 3.8) is 0 Å². The fourth-order valence-electron chi connectivity index (χ4n) is 1.41. The standard InChI is InChI=1S/C9H12O7S/c10-4-17(12,13,14)9(11)6-1-2-7-8(3-6)16-5-15-7/h1-3,9-11H,4-5H2,(H2,12,13,14). The van der Waals surface area contributed by atoms with Crippen LogP contribution in [0.1, 0.15) is 11.0 Å². The fraction of sp³-hybridized carbons (Fsp3) is 0.333. The van der Waals surface area contributed by atoms with Gasteiger partial charge in [0.2, 0.25) is 6.79 Å². The molecule has 1 unspecified atom stereocenters. The minimum absolute atomic E-state index is 0.0201. The molecular weight excluding hydrogens is 252 g/mol. The van der Waals surface area contributed by atoms with E-state index < -0.39 is 21.0 Å². The van der Waals surface area contributed by atoms with Gasteiger partial charge in [-0.05, 0) is 17.7 Å². The number of hydrogen-bond acceptors (Lipinski definition) is 5. The molecule has 4 N–H and O–H groups in total. The molecule has 0 saturated heterocycles. The molecule has 0 bridgehead atoms. The monoisotopic (exact) mass is 264 g/mol. The second kappa shape index (κ2) is 3.65. The van der Waals surface area contributed by atoms with Gasteiger partial charge < -0.3 is 28.8 Å². The SMILES string of the molecule is O=S(O)(O)(CO)C(O)c1ccc2c(c1)OCO2. The summed E-state index contributed by atoms with van der Waals surface area (Å²) in [6.07, 6.45) is 0. The van der Waals surface area contributed by atoms with Gasteiger partial charge in [-0.25, -0.2) is 4.21 Å². The summed E-state index contributed by atoms with van der Waals surface area (Å²) in [7, 11) is -5.50. The largest absolute Gasteiger partial charge is 0.454 e. The van der Waals surface area contributed by atoms with Crippen LogP contribution >= 0.6 is 0 Å². The Morgan fingerprint density at radius 2 is 1.94 bits per heavy atom. The second-order valence-electron chi connectivity index (χ2n) is 3.67. The Balaban J connectivity index is 2.39. The van der Waals surface area contributed by atoms with Crippen LogP contribution in [0.2, 0.25) is 0 Å². The molecule has 0 saturated carbocycles. The van der Waals surface area contributed by atoms with Gasteiger partial charge in [0.25, 0.3) is 0 Å². The molecule has 1 aliphatic rings. The van der Waals surface area contributed by atoms with Gasteiger partial charge in [0.05, 0.1) is 0 Å². The van der Waals surface area contributed by atoms with E-state index >= 15 is 0 Å². The minimum atomic E-state index is -5.50. The van der Waals surface area contributed by atoms with Crippen LogP contribution in [0.3, 0.4) is 0 Å². The lowest BCUT2D eigenvalue weighted by Crippen LogP contribution is -2.41. The number of rotatable bonds is 3. The maximum atomic E-state index is 11.5. The number of aliphatic hydroxyl groups is 2. The third kappa shape index (κ3) is 2.13. The summed E-state index contributed by atoms with van der Waals surface area (Å²) in [6.45, 7) is 0.0201. The highest BCUT2D eigenvalue weighted by Crippen LogP contribution is 2.39. The maximum Gasteiger partial charge on any atom is 0.231 e. The number of fused-ring (bicyclic) bond motifs is 1. The van der Waals surface area contributed by atoms with Crippen molar-refractivity contribution in [1.82, 2.24) is 0 Å². The zero-order valence-electron chi connectivity index (χ0n) is 8.65. The van der Waals surface area contributed by atoms with E-state index in [1.54, 1.807) is 0 Å². The number of benzene rings is 1. The Labute approximate surface area is 96.7 Å². The molecule has 96 valence electrons. The van der Waals surface area contributed by atoms with Crippen molar-refractivity contribution < 1.29 is 33.0 Å². The fourth-order valence-corrected chi connectivity index (χ4v) is 2.25. The molecule has 7 nitrogen and oxygen atoms in total. The van der Waals surface area contributed by atoms with Gasteiger partial charge in [0.15, 0.2) is 16.9 Å². The molecule has 0 aromatic heterocycles. The molecule has 1 aliphatic heterocycles. The van der Waals surface area contributed by atoms with E-state index in [1.807, 2.05) is 0 Å². The van der Waals surface area contributed by atoms with Crippen LogP contribution in [0.25, 0.3) is 0 Å². The zero-order valence-corrected chi connectivity index (χ0v) is 9.46. The highest BCUT2D eigenvalue weighted by molar-refractivity contribution is 8.10. The summed E-state index contributed by atoms with van der Waals surface area (Å²) >= 11 is 0. The van der Waals surface area contributed by atoms with Crippen molar-refractivity contribution in [3.05, 3.63) is 23.8 Å². The predicted molar refractivity (Wildman–Crippen MR) is 58.0 cm³/mol. The first-order chi connectivity index (χ1) is 7.82. The molecule has 0 radical (unpaired) electrons. The summed E-state index contributed by atoms with van der Waals surface area (Å²) in [5, 5.41) is 18.3. The number of hydrogen-bond donors (Lipinski definition) is 4. The van der Waals surface area contributed by atoms with Gasteiger partial charge in [0, 0.05) is 0 Å². The Bertz CT molecular complexity index is 506. The summed E-state index contributed by atoms with van der Waals surface area (Å²) in [5.74, 6) is -0.723. The third-order valence-electron chi connectivity index (χ3n) is 2.37. The normalized spacial score (nSPS) is 18.5. The van der Waals surface area contributed by atoms with Crippen LogP contribution in [-0.2, 0) is 9.63 Å². The van der Waals surface area contributed by atoms with Crippen molar-refractivity contribution in [2.24, 2.45) is 0 Å². The first-order valence-corrected chi connectivity index (χ1v) is 6.76. The van der Waals surface area contributed by atoms with Crippen molar-refractivity contribution >= 4 is 9.63 Å². The highest BCUT2D eigenvalue weighted by atomic mass is 32.3. The lowest BCUT2D eigenvalue weighted by atomic mass is 10.2. The molecule has 0 amide bonds. The van der Waals surface area contributed by atoms with E-state index in [1.165, 1.54) is 18.2 Å². The van der Waals surface area contributed by atoms with Crippen molar-refractivity contribution in [3.8, 4) is 11.5 Å². The van der Waals surface area contributed by atoms with Crippen molar-refractivity contribution in [1.29, 1.82) is 0 Å². The van der Waals surface area contributed by atoms with Crippen LogP contribution in [0.4, 0.5) is 0 Å². The van der Waals surface area contributed by atoms with Crippen LogP contribution in [0.5, 0.6) is 11.5 Å². The van der Waals surface area contributed by atoms with Crippen molar-refractivity contribution in [2.75, 3.05) is 12.7 Å². The van der Waals surface area contributed by atoms with Crippen LogP contribution < -0.4 is 9.47 Å². The smallest absolute Gasteiger partial charge is 0.231 e. The van der Waals surface area contributed by atoms with Crippen LogP contribution in [-0.4, -0.2) is 36.3 Å². The third-order valence-corrected chi connectivity index (χ3v) is 4.03. The second-order valence-corrected chi connectivity index (χ2v) is 6.54. The molecule has 0 spiro atoms. The Hall–Kier alpha value is -1.19. The molecular formula is C9H12O7S. The van der Waals surface area contributed by atoms with Gasteiger partial charge >= 0.3 is 0 Å². The quantitative estimate of drug-likeness (QED) is 0.612. The number of aliphatic hydroxyl groups excluding tert-OH is 2. The molecule has 2 rings (SSSR count). The zero-order chi connectivity index (χ0) is 12.7. The van der Waals surface area contributed by atoms with Gasteiger partial charge in [-0.2, -0.15) is 0 Å². The van der Waals surface area contributed by atoms with E-state index in [-0.39, 0.29) is 12.4 Å². The average molecular weight is 264 g/mol. The van der Waals surface area contributed by atoms with E-state index in [4.69, 9.17) is 14.6 Å². The molecule has 1 aromatic rings. The molecule has 0 fully saturated rings. The molecule has 1 heterocycles. The molecule has 17 heavy (non-hydrogen) atoms. The van der Waals surface area contributed by atoms with Gasteiger partial charge in [-0.1, -0.05) is 6.07 Å². The van der Waals surface area contributed by atoms with E-state index in [0.717, 1.165) is 0 Å². The van der Waals surface area contributed by atoms with E-state index in [9.17, 15) is 18.4 Å². The lowest BCUT2D eigenvalue weighted by molar-refractivity contribution is 0.173. The highest BCUT2D eigenvalue weighted by Gasteiger charge is 2.40.